The van der Waals surface area contributed by atoms with Crippen molar-refractivity contribution < 1.29 is 4.74 Å². The van der Waals surface area contributed by atoms with Crippen LogP contribution in [0.25, 0.3) is 11.0 Å². The molecular formula is C10H11BrN2O. The first-order chi connectivity index (χ1) is 6.65. The van der Waals surface area contributed by atoms with E-state index in [9.17, 15) is 0 Å². The van der Waals surface area contributed by atoms with Crippen molar-refractivity contribution in [3.8, 4) is 5.88 Å². The first kappa shape index (κ1) is 9.52. The zero-order chi connectivity index (χ0) is 10.3. The molecule has 0 unspecified atom stereocenters. The summed E-state index contributed by atoms with van der Waals surface area (Å²) < 4.78 is 8.22. The molecule has 3 nitrogen and oxygen atoms in total. The number of pyridine rings is 1. The molecular weight excluding hydrogens is 244 g/mol. The number of aromatic nitrogens is 2. The summed E-state index contributed by atoms with van der Waals surface area (Å²) in [6.45, 7) is 2.05. The van der Waals surface area contributed by atoms with Crippen LogP contribution in [-0.4, -0.2) is 16.7 Å². The molecule has 0 amide bonds. The third-order valence-electron chi connectivity index (χ3n) is 2.45. The summed E-state index contributed by atoms with van der Waals surface area (Å²) in [5, 5.41) is 0. The summed E-state index contributed by atoms with van der Waals surface area (Å²) in [5.41, 5.74) is 3.22. The lowest BCUT2D eigenvalue weighted by molar-refractivity contribution is 0.399. The van der Waals surface area contributed by atoms with Gasteiger partial charge in [-0.1, -0.05) is 0 Å². The molecule has 0 saturated heterocycles. The second-order valence-electron chi connectivity index (χ2n) is 3.18. The fourth-order valence-electron chi connectivity index (χ4n) is 1.48. The van der Waals surface area contributed by atoms with E-state index in [1.165, 1.54) is 5.69 Å². The highest BCUT2D eigenvalue weighted by molar-refractivity contribution is 9.10. The molecule has 0 aliphatic heterocycles. The van der Waals surface area contributed by atoms with Gasteiger partial charge in [0.1, 0.15) is 5.52 Å². The lowest BCUT2D eigenvalue weighted by Gasteiger charge is -1.99. The number of fused-ring (bicyclic) bond motifs is 1. The summed E-state index contributed by atoms with van der Waals surface area (Å²) in [6, 6.07) is 3.88. The highest BCUT2D eigenvalue weighted by atomic mass is 79.9. The fraction of sp³-hybridized carbons (Fsp3) is 0.300. The molecule has 2 aromatic heterocycles. The van der Waals surface area contributed by atoms with Gasteiger partial charge in [-0.25, -0.2) is 4.98 Å². The van der Waals surface area contributed by atoms with E-state index in [2.05, 4.69) is 32.4 Å². The molecule has 0 spiro atoms. The van der Waals surface area contributed by atoms with E-state index in [1.54, 1.807) is 7.11 Å². The molecule has 0 radical (unpaired) electrons. The summed E-state index contributed by atoms with van der Waals surface area (Å²) in [6.07, 6.45) is 0. The molecule has 0 bridgehead atoms. The Kier molecular flexibility index (Phi) is 2.23. The fourth-order valence-corrected chi connectivity index (χ4v) is 2.04. The third-order valence-corrected chi connectivity index (χ3v) is 3.40. The minimum Gasteiger partial charge on any atom is -0.481 e. The van der Waals surface area contributed by atoms with Crippen LogP contribution in [0.4, 0.5) is 0 Å². The maximum absolute atomic E-state index is 5.09. The molecule has 0 N–H and O–H groups in total. The van der Waals surface area contributed by atoms with E-state index in [1.807, 2.05) is 19.2 Å². The standard InChI is InChI=1S/C10H11BrN2O/c1-6-9(11)10-7(13(6)2)4-5-8(12-10)14-3/h4-5H,1-3H3. The number of nitrogens with zero attached hydrogens (tertiary/aromatic N) is 2. The van der Waals surface area contributed by atoms with Crippen molar-refractivity contribution in [1.82, 2.24) is 9.55 Å². The Morgan fingerprint density at radius 3 is 2.79 bits per heavy atom. The molecule has 0 fully saturated rings. The molecule has 2 rings (SSSR count). The minimum atomic E-state index is 0.642. The van der Waals surface area contributed by atoms with E-state index >= 15 is 0 Å². The minimum absolute atomic E-state index is 0.642. The van der Waals surface area contributed by atoms with Crippen molar-refractivity contribution in [2.45, 2.75) is 6.92 Å². The predicted octanol–water partition coefficient (Wildman–Crippen LogP) is 2.65. The molecule has 4 heteroatoms. The van der Waals surface area contributed by atoms with Crippen LogP contribution in [0.15, 0.2) is 16.6 Å². The summed E-state index contributed by atoms with van der Waals surface area (Å²) in [4.78, 5) is 4.38. The zero-order valence-corrected chi connectivity index (χ0v) is 9.92. The first-order valence-corrected chi connectivity index (χ1v) is 5.10. The van der Waals surface area contributed by atoms with Gasteiger partial charge in [-0.05, 0) is 28.9 Å². The molecule has 0 saturated carbocycles. The first-order valence-electron chi connectivity index (χ1n) is 4.30. The van der Waals surface area contributed by atoms with E-state index in [0.29, 0.717) is 5.88 Å². The summed E-state index contributed by atoms with van der Waals surface area (Å²) in [7, 11) is 3.65. The predicted molar refractivity (Wildman–Crippen MR) is 59.7 cm³/mol. The lowest BCUT2D eigenvalue weighted by Crippen LogP contribution is -1.90. The smallest absolute Gasteiger partial charge is 0.213 e. The van der Waals surface area contributed by atoms with Gasteiger partial charge in [-0.15, -0.1) is 0 Å². The molecule has 74 valence electrons. The van der Waals surface area contributed by atoms with Crippen LogP contribution in [0, 0.1) is 6.92 Å². The number of rotatable bonds is 1. The van der Waals surface area contributed by atoms with Gasteiger partial charge in [0.05, 0.1) is 17.1 Å². The molecule has 2 heterocycles. The SMILES string of the molecule is COc1ccc2c(n1)c(Br)c(C)n2C. The topological polar surface area (TPSA) is 27.1 Å². The highest BCUT2D eigenvalue weighted by Gasteiger charge is 2.11. The van der Waals surface area contributed by atoms with Crippen molar-refractivity contribution in [2.24, 2.45) is 7.05 Å². The van der Waals surface area contributed by atoms with Crippen LogP contribution in [0.1, 0.15) is 5.69 Å². The van der Waals surface area contributed by atoms with Crippen molar-refractivity contribution in [2.75, 3.05) is 7.11 Å². The van der Waals surface area contributed by atoms with Crippen LogP contribution >= 0.6 is 15.9 Å². The van der Waals surface area contributed by atoms with Gasteiger partial charge in [0.2, 0.25) is 5.88 Å². The monoisotopic (exact) mass is 254 g/mol. The Labute approximate surface area is 90.8 Å². The molecule has 0 aromatic carbocycles. The van der Waals surface area contributed by atoms with Crippen LogP contribution in [0.3, 0.4) is 0 Å². The van der Waals surface area contributed by atoms with Crippen LogP contribution < -0.4 is 4.74 Å². The number of hydrogen-bond donors (Lipinski definition) is 0. The van der Waals surface area contributed by atoms with E-state index in [-0.39, 0.29) is 0 Å². The average molecular weight is 255 g/mol. The van der Waals surface area contributed by atoms with Gasteiger partial charge in [0.15, 0.2) is 0 Å². The molecule has 0 aliphatic carbocycles. The number of ether oxygens (including phenoxy) is 1. The lowest BCUT2D eigenvalue weighted by atomic mass is 10.4. The van der Waals surface area contributed by atoms with Gasteiger partial charge >= 0.3 is 0 Å². The van der Waals surface area contributed by atoms with E-state index < -0.39 is 0 Å². The number of aryl methyl sites for hydroxylation is 1. The molecule has 14 heavy (non-hydrogen) atoms. The molecule has 0 atom stereocenters. The van der Waals surface area contributed by atoms with Crippen molar-refractivity contribution >= 4 is 27.0 Å². The van der Waals surface area contributed by atoms with Gasteiger partial charge in [0, 0.05) is 18.8 Å². The van der Waals surface area contributed by atoms with Crippen molar-refractivity contribution in [3.63, 3.8) is 0 Å². The molecule has 2 aromatic rings. The second-order valence-corrected chi connectivity index (χ2v) is 3.97. The normalized spacial score (nSPS) is 10.9. The summed E-state index contributed by atoms with van der Waals surface area (Å²) >= 11 is 3.53. The highest BCUT2D eigenvalue weighted by Crippen LogP contribution is 2.29. The Morgan fingerprint density at radius 2 is 2.14 bits per heavy atom. The van der Waals surface area contributed by atoms with Crippen molar-refractivity contribution in [1.29, 1.82) is 0 Å². The number of methoxy groups -OCH3 is 1. The quantitative estimate of drug-likeness (QED) is 0.783. The van der Waals surface area contributed by atoms with E-state index in [4.69, 9.17) is 4.74 Å². The Bertz CT molecular complexity index is 490. The van der Waals surface area contributed by atoms with Crippen LogP contribution in [0.5, 0.6) is 5.88 Å². The Balaban J connectivity index is 2.82. The maximum Gasteiger partial charge on any atom is 0.213 e. The maximum atomic E-state index is 5.09. The van der Waals surface area contributed by atoms with Crippen LogP contribution in [-0.2, 0) is 7.05 Å². The Hall–Kier alpha value is -1.03. The Morgan fingerprint density at radius 1 is 1.43 bits per heavy atom. The van der Waals surface area contributed by atoms with Gasteiger partial charge in [-0.2, -0.15) is 0 Å². The van der Waals surface area contributed by atoms with Crippen molar-refractivity contribution in [3.05, 3.63) is 22.3 Å². The van der Waals surface area contributed by atoms with E-state index in [0.717, 1.165) is 15.5 Å². The van der Waals surface area contributed by atoms with Gasteiger partial charge in [0.25, 0.3) is 0 Å². The van der Waals surface area contributed by atoms with Gasteiger partial charge in [-0.3, -0.25) is 0 Å². The largest absolute Gasteiger partial charge is 0.481 e. The number of halogens is 1. The second kappa shape index (κ2) is 3.28. The third kappa shape index (κ3) is 1.21. The summed E-state index contributed by atoms with van der Waals surface area (Å²) in [5.74, 6) is 0.642. The average Bonchev–Trinajstić information content (AvgIpc) is 2.44. The van der Waals surface area contributed by atoms with Crippen LogP contribution in [0.2, 0.25) is 0 Å². The number of hydrogen-bond acceptors (Lipinski definition) is 2. The molecule has 0 aliphatic rings. The zero-order valence-electron chi connectivity index (χ0n) is 8.34. The van der Waals surface area contributed by atoms with Gasteiger partial charge < -0.3 is 9.30 Å².